The highest BCUT2D eigenvalue weighted by atomic mass is 14.0. The van der Waals surface area contributed by atoms with Crippen LogP contribution >= 0.6 is 0 Å². The van der Waals surface area contributed by atoms with Gasteiger partial charge in [0, 0.05) is 31.6 Å². The predicted molar refractivity (Wildman–Crippen MR) is 80.8 cm³/mol. The molecule has 0 aromatic carbocycles. The van der Waals surface area contributed by atoms with Gasteiger partial charge in [0.2, 0.25) is 0 Å². The molecule has 0 aliphatic heterocycles. The van der Waals surface area contributed by atoms with E-state index in [0.717, 1.165) is 44.9 Å². The molecule has 1 unspecified atom stereocenters. The Kier molecular flexibility index (Phi) is 12.7. The fourth-order valence-corrected chi connectivity index (χ4v) is 1.57. The molecule has 0 aromatic heterocycles. The second-order valence-corrected chi connectivity index (χ2v) is 4.53. The van der Waals surface area contributed by atoms with Crippen molar-refractivity contribution in [3.8, 4) is 36.0 Å². The van der Waals surface area contributed by atoms with Crippen molar-refractivity contribution < 1.29 is 0 Å². The third-order valence-electron chi connectivity index (χ3n) is 2.68. The summed E-state index contributed by atoms with van der Waals surface area (Å²) in [6, 6.07) is 0. The van der Waals surface area contributed by atoms with Gasteiger partial charge in [-0.15, -0.1) is 30.1 Å². The molecule has 0 aliphatic carbocycles. The van der Waals surface area contributed by atoms with Gasteiger partial charge in [-0.05, 0) is 25.7 Å². The summed E-state index contributed by atoms with van der Waals surface area (Å²) < 4.78 is 0. The van der Waals surface area contributed by atoms with Crippen LogP contribution in [0.5, 0.6) is 0 Å². The number of hydrogen-bond donors (Lipinski definition) is 0. The molecular weight excluding hydrogens is 216 g/mol. The number of hydrogen-bond acceptors (Lipinski definition) is 0. The van der Waals surface area contributed by atoms with Crippen molar-refractivity contribution in [2.24, 2.45) is 5.92 Å². The van der Waals surface area contributed by atoms with Crippen LogP contribution in [-0.4, -0.2) is 0 Å². The molecule has 1 atom stereocenters. The van der Waals surface area contributed by atoms with E-state index in [0.29, 0.717) is 5.92 Å². The largest absolute Gasteiger partial charge is 0.120 e. The highest BCUT2D eigenvalue weighted by molar-refractivity contribution is 5.09. The maximum atomic E-state index is 5.28. The van der Waals surface area contributed by atoms with Crippen molar-refractivity contribution >= 4 is 0 Å². The lowest BCUT2D eigenvalue weighted by Crippen LogP contribution is -1.96. The second kappa shape index (κ2) is 13.7. The first-order valence-corrected chi connectivity index (χ1v) is 7.22. The Morgan fingerprint density at radius 1 is 0.889 bits per heavy atom. The normalized spacial score (nSPS) is 10.5. The molecule has 98 valence electrons. The molecule has 18 heavy (non-hydrogen) atoms. The van der Waals surface area contributed by atoms with Gasteiger partial charge in [-0.2, -0.15) is 0 Å². The number of rotatable bonds is 7. The van der Waals surface area contributed by atoms with Crippen molar-refractivity contribution in [3.63, 3.8) is 0 Å². The highest BCUT2D eigenvalue weighted by Gasteiger charge is 2.02. The molecule has 0 saturated heterocycles. The van der Waals surface area contributed by atoms with Crippen LogP contribution in [-0.2, 0) is 0 Å². The summed E-state index contributed by atoms with van der Waals surface area (Å²) in [4.78, 5) is 0. The van der Waals surface area contributed by atoms with E-state index in [-0.39, 0.29) is 0 Å². The minimum Gasteiger partial charge on any atom is -0.120 e. The van der Waals surface area contributed by atoms with Crippen LogP contribution in [0.3, 0.4) is 0 Å². The van der Waals surface area contributed by atoms with Crippen molar-refractivity contribution in [1.29, 1.82) is 0 Å². The molecule has 0 amide bonds. The zero-order valence-electron chi connectivity index (χ0n) is 12.0. The molecule has 0 spiro atoms. The van der Waals surface area contributed by atoms with Crippen molar-refractivity contribution in [3.05, 3.63) is 0 Å². The van der Waals surface area contributed by atoms with Crippen LogP contribution in [0, 0.1) is 41.9 Å². The maximum absolute atomic E-state index is 5.28. The molecule has 0 N–H and O–H groups in total. The van der Waals surface area contributed by atoms with Gasteiger partial charge in [0.25, 0.3) is 0 Å². The van der Waals surface area contributed by atoms with E-state index in [4.69, 9.17) is 6.42 Å². The molecule has 0 fully saturated rings. The molecule has 0 aromatic rings. The topological polar surface area (TPSA) is 0 Å². The van der Waals surface area contributed by atoms with Crippen LogP contribution in [0.2, 0.25) is 0 Å². The van der Waals surface area contributed by atoms with Crippen LogP contribution in [0.1, 0.15) is 71.6 Å². The zero-order valence-corrected chi connectivity index (χ0v) is 12.0. The van der Waals surface area contributed by atoms with Crippen LogP contribution in [0.4, 0.5) is 0 Å². The summed E-state index contributed by atoms with van der Waals surface area (Å²) in [7, 11) is 0. The van der Waals surface area contributed by atoms with Crippen LogP contribution < -0.4 is 0 Å². The zero-order chi connectivity index (χ0) is 13.5. The lowest BCUT2D eigenvalue weighted by molar-refractivity contribution is 0.598. The molecule has 0 heterocycles. The summed E-state index contributed by atoms with van der Waals surface area (Å²) in [6.07, 6.45) is 14.8. The SMILES string of the molecule is C#CCCCC(C#CCCCC)CC#CCCC. The maximum Gasteiger partial charge on any atom is 0.0312 e. The third kappa shape index (κ3) is 11.2. The summed E-state index contributed by atoms with van der Waals surface area (Å²) in [5.41, 5.74) is 0. The first kappa shape index (κ1) is 16.7. The van der Waals surface area contributed by atoms with E-state index in [1.165, 1.54) is 12.8 Å². The van der Waals surface area contributed by atoms with E-state index >= 15 is 0 Å². The predicted octanol–water partition coefficient (Wildman–Crippen LogP) is 4.79. The molecule has 0 rings (SSSR count). The monoisotopic (exact) mass is 242 g/mol. The van der Waals surface area contributed by atoms with E-state index in [2.05, 4.69) is 43.4 Å². The van der Waals surface area contributed by atoms with Crippen molar-refractivity contribution in [2.45, 2.75) is 71.6 Å². The molecule has 0 saturated carbocycles. The molecule has 0 aliphatic rings. The Labute approximate surface area is 114 Å². The van der Waals surface area contributed by atoms with Gasteiger partial charge in [0.1, 0.15) is 0 Å². The Balaban J connectivity index is 4.11. The van der Waals surface area contributed by atoms with Crippen LogP contribution in [0.15, 0.2) is 0 Å². The highest BCUT2D eigenvalue weighted by Crippen LogP contribution is 2.11. The Morgan fingerprint density at radius 2 is 1.72 bits per heavy atom. The summed E-state index contributed by atoms with van der Waals surface area (Å²) in [6.45, 7) is 4.35. The summed E-state index contributed by atoms with van der Waals surface area (Å²) in [5, 5.41) is 0. The Hall–Kier alpha value is -1.32. The smallest absolute Gasteiger partial charge is 0.0312 e. The molecule has 0 heteroatoms. The van der Waals surface area contributed by atoms with E-state index in [9.17, 15) is 0 Å². The second-order valence-electron chi connectivity index (χ2n) is 4.53. The lowest BCUT2D eigenvalue weighted by atomic mass is 9.99. The fourth-order valence-electron chi connectivity index (χ4n) is 1.57. The molecular formula is C18H26. The Bertz CT molecular complexity index is 334. The molecule has 0 radical (unpaired) electrons. The van der Waals surface area contributed by atoms with Crippen LogP contribution in [0.25, 0.3) is 0 Å². The minimum atomic E-state index is 0.416. The van der Waals surface area contributed by atoms with Gasteiger partial charge in [0.15, 0.2) is 0 Å². The number of unbranched alkanes of at least 4 members (excludes halogenated alkanes) is 4. The first-order chi connectivity index (χ1) is 8.85. The first-order valence-electron chi connectivity index (χ1n) is 7.22. The average molecular weight is 242 g/mol. The summed E-state index contributed by atoms with van der Waals surface area (Å²) >= 11 is 0. The van der Waals surface area contributed by atoms with Gasteiger partial charge in [-0.1, -0.05) is 26.2 Å². The minimum absolute atomic E-state index is 0.416. The van der Waals surface area contributed by atoms with E-state index in [1.807, 2.05) is 0 Å². The third-order valence-corrected chi connectivity index (χ3v) is 2.68. The van der Waals surface area contributed by atoms with Crippen molar-refractivity contribution in [1.82, 2.24) is 0 Å². The van der Waals surface area contributed by atoms with Gasteiger partial charge in [0.05, 0.1) is 0 Å². The van der Waals surface area contributed by atoms with Crippen molar-refractivity contribution in [2.75, 3.05) is 0 Å². The average Bonchev–Trinajstić information content (AvgIpc) is 2.39. The molecule has 0 nitrogen and oxygen atoms in total. The fraction of sp³-hybridized carbons (Fsp3) is 0.667. The Morgan fingerprint density at radius 3 is 2.39 bits per heavy atom. The summed E-state index contributed by atoms with van der Waals surface area (Å²) in [5.74, 6) is 16.2. The van der Waals surface area contributed by atoms with Gasteiger partial charge in [-0.3, -0.25) is 0 Å². The van der Waals surface area contributed by atoms with E-state index < -0.39 is 0 Å². The quantitative estimate of drug-likeness (QED) is 0.444. The van der Waals surface area contributed by atoms with Gasteiger partial charge < -0.3 is 0 Å². The number of terminal acetylenes is 1. The van der Waals surface area contributed by atoms with Gasteiger partial charge in [-0.25, -0.2) is 0 Å². The lowest BCUT2D eigenvalue weighted by Gasteiger charge is -2.04. The molecule has 0 bridgehead atoms. The van der Waals surface area contributed by atoms with E-state index in [1.54, 1.807) is 0 Å². The standard InChI is InChI=1S/C18H26/c1-4-7-10-13-16-18(15-12-9-6-3)17-14-11-8-5-2/h3,18H,4-5,7-10,12,15,17H2,1-2H3. The van der Waals surface area contributed by atoms with Gasteiger partial charge >= 0.3 is 0 Å².